The van der Waals surface area contributed by atoms with Gasteiger partial charge in [-0.05, 0) is 18.8 Å². The third-order valence-corrected chi connectivity index (χ3v) is 3.90. The molecule has 1 aromatic rings. The van der Waals surface area contributed by atoms with E-state index in [-0.39, 0.29) is 11.3 Å². The summed E-state index contributed by atoms with van der Waals surface area (Å²) in [5.41, 5.74) is 0. The van der Waals surface area contributed by atoms with E-state index < -0.39 is 10.0 Å². The molecule has 8 heteroatoms. The van der Waals surface area contributed by atoms with Gasteiger partial charge in [-0.1, -0.05) is 13.8 Å². The number of hydrogen-bond donors (Lipinski definition) is 1. The van der Waals surface area contributed by atoms with Crippen LogP contribution in [0.1, 0.15) is 38.6 Å². The van der Waals surface area contributed by atoms with Gasteiger partial charge in [-0.25, -0.2) is 13.6 Å². The van der Waals surface area contributed by atoms with E-state index in [4.69, 9.17) is 9.88 Å². The Morgan fingerprint density at radius 1 is 1.50 bits per heavy atom. The molecule has 0 saturated carbocycles. The molecule has 7 nitrogen and oxygen atoms in total. The fourth-order valence-electron chi connectivity index (χ4n) is 2.18. The van der Waals surface area contributed by atoms with E-state index in [0.29, 0.717) is 24.9 Å². The molecule has 0 amide bonds. The number of hydrogen-bond acceptors (Lipinski definition) is 5. The standard InChI is InChI=1S/C10H18N4O3S/c1-3-5-14-9(8-7(2)4-6-17-8)12-13-10(14)18(11,15)16/h7-8H,3-6H2,1-2H3,(H2,11,15,16). The molecule has 0 aromatic carbocycles. The topological polar surface area (TPSA) is 100 Å². The smallest absolute Gasteiger partial charge is 0.273 e. The van der Waals surface area contributed by atoms with Gasteiger partial charge in [-0.3, -0.25) is 4.57 Å². The Kier molecular flexibility index (Phi) is 3.69. The van der Waals surface area contributed by atoms with Crippen molar-refractivity contribution in [3.63, 3.8) is 0 Å². The van der Waals surface area contributed by atoms with Crippen molar-refractivity contribution in [2.75, 3.05) is 6.61 Å². The van der Waals surface area contributed by atoms with E-state index in [2.05, 4.69) is 17.1 Å². The summed E-state index contributed by atoms with van der Waals surface area (Å²) in [5.74, 6) is 0.865. The van der Waals surface area contributed by atoms with E-state index in [1.807, 2.05) is 6.92 Å². The van der Waals surface area contributed by atoms with Crippen molar-refractivity contribution >= 4 is 10.0 Å². The molecule has 1 aliphatic heterocycles. The van der Waals surface area contributed by atoms with Crippen molar-refractivity contribution in [3.8, 4) is 0 Å². The summed E-state index contributed by atoms with van der Waals surface area (Å²) < 4.78 is 30.1. The number of rotatable bonds is 4. The van der Waals surface area contributed by atoms with Crippen molar-refractivity contribution in [1.82, 2.24) is 14.8 Å². The van der Waals surface area contributed by atoms with Crippen LogP contribution in [0.5, 0.6) is 0 Å². The monoisotopic (exact) mass is 274 g/mol. The first-order chi connectivity index (χ1) is 8.45. The lowest BCUT2D eigenvalue weighted by Gasteiger charge is -2.15. The summed E-state index contributed by atoms with van der Waals surface area (Å²) in [5, 5.41) is 12.6. The van der Waals surface area contributed by atoms with Crippen molar-refractivity contribution in [2.45, 2.75) is 44.5 Å². The minimum atomic E-state index is -3.85. The molecule has 2 unspecified atom stereocenters. The zero-order valence-electron chi connectivity index (χ0n) is 10.5. The minimum Gasteiger partial charge on any atom is -0.370 e. The zero-order valence-corrected chi connectivity index (χ0v) is 11.4. The highest BCUT2D eigenvalue weighted by molar-refractivity contribution is 7.89. The molecule has 1 aliphatic rings. The Labute approximate surface area is 106 Å². The average molecular weight is 274 g/mol. The fourth-order valence-corrected chi connectivity index (χ4v) is 2.83. The van der Waals surface area contributed by atoms with E-state index in [9.17, 15) is 8.42 Å². The van der Waals surface area contributed by atoms with Crippen LogP contribution in [0.15, 0.2) is 5.16 Å². The fraction of sp³-hybridized carbons (Fsp3) is 0.800. The Hall–Kier alpha value is -0.990. The number of sulfonamides is 1. The molecule has 2 N–H and O–H groups in total. The van der Waals surface area contributed by atoms with Gasteiger partial charge in [0.25, 0.3) is 15.2 Å². The Balaban J connectivity index is 2.45. The van der Waals surface area contributed by atoms with Crippen LogP contribution in [0.25, 0.3) is 0 Å². The van der Waals surface area contributed by atoms with Gasteiger partial charge >= 0.3 is 0 Å². The SMILES string of the molecule is CCCn1c(C2OCCC2C)nnc1S(N)(=O)=O. The van der Waals surface area contributed by atoms with Gasteiger partial charge in [-0.2, -0.15) is 0 Å². The van der Waals surface area contributed by atoms with Crippen LogP contribution in [0, 0.1) is 5.92 Å². The lowest BCUT2D eigenvalue weighted by atomic mass is 10.0. The van der Waals surface area contributed by atoms with Crippen LogP contribution in [0.2, 0.25) is 0 Å². The van der Waals surface area contributed by atoms with Crippen molar-refractivity contribution in [1.29, 1.82) is 0 Å². The molecule has 18 heavy (non-hydrogen) atoms. The third kappa shape index (κ3) is 2.40. The van der Waals surface area contributed by atoms with E-state index in [1.54, 1.807) is 4.57 Å². The number of ether oxygens (including phenoxy) is 1. The largest absolute Gasteiger partial charge is 0.370 e. The summed E-state index contributed by atoms with van der Waals surface area (Å²) in [7, 11) is -3.85. The lowest BCUT2D eigenvalue weighted by molar-refractivity contribution is 0.0833. The predicted octanol–water partition coefficient (Wildman–Crippen LogP) is 0.433. The summed E-state index contributed by atoms with van der Waals surface area (Å²) >= 11 is 0. The normalized spacial score (nSPS) is 24.6. The Morgan fingerprint density at radius 3 is 2.72 bits per heavy atom. The highest BCUT2D eigenvalue weighted by atomic mass is 32.2. The number of nitrogens with two attached hydrogens (primary N) is 1. The summed E-state index contributed by atoms with van der Waals surface area (Å²) in [6.45, 7) is 5.19. The van der Waals surface area contributed by atoms with Crippen LogP contribution in [0.4, 0.5) is 0 Å². The molecular formula is C10H18N4O3S. The molecular weight excluding hydrogens is 256 g/mol. The third-order valence-electron chi connectivity index (χ3n) is 3.09. The van der Waals surface area contributed by atoms with E-state index in [0.717, 1.165) is 12.8 Å². The first-order valence-electron chi connectivity index (χ1n) is 6.02. The Morgan fingerprint density at radius 2 is 2.22 bits per heavy atom. The molecule has 1 fully saturated rings. The van der Waals surface area contributed by atoms with Crippen molar-refractivity contribution in [2.24, 2.45) is 11.1 Å². The minimum absolute atomic E-state index is 0.179. The van der Waals surface area contributed by atoms with E-state index >= 15 is 0 Å². The molecule has 2 atom stereocenters. The quantitative estimate of drug-likeness (QED) is 0.858. The second-order valence-corrected chi connectivity index (χ2v) is 6.05. The molecule has 2 rings (SSSR count). The van der Waals surface area contributed by atoms with Gasteiger partial charge < -0.3 is 4.74 Å². The van der Waals surface area contributed by atoms with Crippen LogP contribution >= 0.6 is 0 Å². The molecule has 0 spiro atoms. The van der Waals surface area contributed by atoms with Crippen LogP contribution in [0.3, 0.4) is 0 Å². The maximum absolute atomic E-state index is 11.5. The van der Waals surface area contributed by atoms with Crippen LogP contribution in [-0.2, 0) is 21.3 Å². The van der Waals surface area contributed by atoms with Gasteiger partial charge in [0.05, 0.1) is 0 Å². The average Bonchev–Trinajstić information content (AvgIpc) is 2.84. The lowest BCUT2D eigenvalue weighted by Crippen LogP contribution is -2.21. The number of aromatic nitrogens is 3. The molecule has 0 bridgehead atoms. The number of primary sulfonamides is 1. The molecule has 1 saturated heterocycles. The molecule has 2 heterocycles. The maximum atomic E-state index is 11.5. The highest BCUT2D eigenvalue weighted by Crippen LogP contribution is 2.33. The van der Waals surface area contributed by atoms with Crippen LogP contribution in [-0.4, -0.2) is 29.8 Å². The molecule has 1 aromatic heterocycles. The summed E-state index contributed by atoms with van der Waals surface area (Å²) in [6, 6.07) is 0. The summed E-state index contributed by atoms with van der Waals surface area (Å²) in [4.78, 5) is 0. The number of nitrogens with zero attached hydrogens (tertiary/aromatic N) is 3. The zero-order chi connectivity index (χ0) is 13.3. The first-order valence-corrected chi connectivity index (χ1v) is 7.57. The molecule has 0 aliphatic carbocycles. The van der Waals surface area contributed by atoms with Gasteiger partial charge in [0.1, 0.15) is 6.10 Å². The van der Waals surface area contributed by atoms with Gasteiger partial charge in [0.15, 0.2) is 5.82 Å². The van der Waals surface area contributed by atoms with Gasteiger partial charge in [-0.15, -0.1) is 10.2 Å². The second-order valence-electron chi connectivity index (χ2n) is 4.59. The van der Waals surface area contributed by atoms with Crippen molar-refractivity contribution in [3.05, 3.63) is 5.82 Å². The van der Waals surface area contributed by atoms with Gasteiger partial charge in [0.2, 0.25) is 0 Å². The highest BCUT2D eigenvalue weighted by Gasteiger charge is 2.33. The molecule has 0 radical (unpaired) electrons. The first kappa shape index (κ1) is 13.4. The van der Waals surface area contributed by atoms with Crippen LogP contribution < -0.4 is 5.14 Å². The Bertz CT molecular complexity index is 525. The molecule has 102 valence electrons. The summed E-state index contributed by atoms with van der Waals surface area (Å²) in [6.07, 6.45) is 1.52. The predicted molar refractivity (Wildman–Crippen MR) is 64.2 cm³/mol. The van der Waals surface area contributed by atoms with Crippen molar-refractivity contribution < 1.29 is 13.2 Å². The maximum Gasteiger partial charge on any atom is 0.273 e. The van der Waals surface area contributed by atoms with Gasteiger partial charge in [0, 0.05) is 13.2 Å². The second kappa shape index (κ2) is 4.94. The van der Waals surface area contributed by atoms with E-state index in [1.165, 1.54) is 0 Å².